The molecule has 4 rings (SSSR count). The van der Waals surface area contributed by atoms with E-state index in [4.69, 9.17) is 0 Å². The Bertz CT molecular complexity index is 1500. The number of para-hydroxylation sites is 1. The van der Waals surface area contributed by atoms with E-state index >= 15 is 0 Å². The number of rotatable bonds is 5. The molecule has 0 spiro atoms. The number of pyridine rings is 1. The summed E-state index contributed by atoms with van der Waals surface area (Å²) >= 11 is 0. The van der Waals surface area contributed by atoms with Crippen molar-refractivity contribution in [2.75, 3.05) is 5.32 Å². The van der Waals surface area contributed by atoms with Gasteiger partial charge in [0.05, 0.1) is 10.4 Å². The normalized spacial score (nSPS) is 11.4. The van der Waals surface area contributed by atoms with Crippen LogP contribution in [0.25, 0.3) is 10.9 Å². The van der Waals surface area contributed by atoms with Gasteiger partial charge >= 0.3 is 0 Å². The van der Waals surface area contributed by atoms with Crippen LogP contribution in [-0.2, 0) is 21.2 Å². The van der Waals surface area contributed by atoms with Crippen molar-refractivity contribution in [2.24, 2.45) is 0 Å². The van der Waals surface area contributed by atoms with Gasteiger partial charge in [0.2, 0.25) is 21.2 Å². The highest BCUT2D eigenvalue weighted by atomic mass is 32.2. The second kappa shape index (κ2) is 8.39. The third-order valence-electron chi connectivity index (χ3n) is 5.09. The third-order valence-corrected chi connectivity index (χ3v) is 6.85. The van der Waals surface area contributed by atoms with Gasteiger partial charge in [0.25, 0.3) is 0 Å². The molecule has 32 heavy (non-hydrogen) atoms. The van der Waals surface area contributed by atoms with Gasteiger partial charge in [-0.25, -0.2) is 12.8 Å². The maximum Gasteiger partial charge on any atom is 0.244 e. The summed E-state index contributed by atoms with van der Waals surface area (Å²) in [6.45, 7) is 1.58. The molecule has 0 aliphatic rings. The number of hydrogen-bond acceptors (Lipinski definition) is 4. The molecule has 0 saturated heterocycles. The Balaban J connectivity index is 1.84. The van der Waals surface area contributed by atoms with Crippen LogP contribution in [0, 0.1) is 12.7 Å². The number of halogens is 1. The lowest BCUT2D eigenvalue weighted by Crippen LogP contribution is -2.24. The molecule has 1 N–H and O–H groups in total. The lowest BCUT2D eigenvalue weighted by atomic mass is 10.2. The number of hydrogen-bond donors (Lipinski definition) is 1. The number of carbonyl (C=O) groups is 1. The number of nitrogens with zero attached hydrogens (tertiary/aromatic N) is 1. The Morgan fingerprint density at radius 2 is 1.69 bits per heavy atom. The van der Waals surface area contributed by atoms with E-state index in [9.17, 15) is 22.4 Å². The van der Waals surface area contributed by atoms with Crippen molar-refractivity contribution in [3.05, 3.63) is 101 Å². The molecule has 0 radical (unpaired) electrons. The highest BCUT2D eigenvalue weighted by Gasteiger charge is 2.24. The predicted octanol–water partition coefficient (Wildman–Crippen LogP) is 3.92. The lowest BCUT2D eigenvalue weighted by Gasteiger charge is -2.15. The van der Waals surface area contributed by atoms with Crippen molar-refractivity contribution in [2.45, 2.75) is 23.3 Å². The average molecular weight is 450 g/mol. The molecule has 0 aliphatic carbocycles. The van der Waals surface area contributed by atoms with Gasteiger partial charge in [0.1, 0.15) is 17.3 Å². The number of anilines is 1. The summed E-state index contributed by atoms with van der Waals surface area (Å²) in [5, 5.41) is 2.66. The van der Waals surface area contributed by atoms with Crippen LogP contribution in [0.15, 0.2) is 93.6 Å². The van der Waals surface area contributed by atoms with E-state index in [1.54, 1.807) is 30.3 Å². The lowest BCUT2D eigenvalue weighted by molar-refractivity contribution is -0.116. The van der Waals surface area contributed by atoms with Gasteiger partial charge in [-0.15, -0.1) is 0 Å². The van der Waals surface area contributed by atoms with Crippen molar-refractivity contribution in [1.29, 1.82) is 0 Å². The minimum atomic E-state index is -4.19. The minimum Gasteiger partial charge on any atom is -0.336 e. The molecule has 6 nitrogen and oxygen atoms in total. The maximum atomic E-state index is 13.9. The summed E-state index contributed by atoms with van der Waals surface area (Å²) in [7, 11) is -4.19. The molecule has 0 bridgehead atoms. The second-order valence-corrected chi connectivity index (χ2v) is 9.21. The fraction of sp³-hybridized carbons (Fsp3) is 0.0833. The van der Waals surface area contributed by atoms with E-state index < -0.39 is 31.9 Å². The largest absolute Gasteiger partial charge is 0.336 e. The van der Waals surface area contributed by atoms with E-state index in [1.807, 2.05) is 19.1 Å². The molecule has 4 aromatic rings. The fourth-order valence-electron chi connectivity index (χ4n) is 3.45. The minimum absolute atomic E-state index is 0.0660. The first kappa shape index (κ1) is 21.5. The quantitative estimate of drug-likeness (QED) is 0.499. The van der Waals surface area contributed by atoms with E-state index in [2.05, 4.69) is 5.32 Å². The summed E-state index contributed by atoms with van der Waals surface area (Å²) in [5.41, 5.74) is 0.910. The smallest absolute Gasteiger partial charge is 0.244 e. The van der Waals surface area contributed by atoms with E-state index in [1.165, 1.54) is 22.8 Å². The Morgan fingerprint density at radius 1 is 1.00 bits per heavy atom. The Hall–Kier alpha value is -3.78. The van der Waals surface area contributed by atoms with Gasteiger partial charge in [0.15, 0.2) is 0 Å². The first-order chi connectivity index (χ1) is 15.3. The standard InChI is InChI=1S/C24H19FN2O4S/c1-16-7-5-6-10-20(16)26-23(28)15-27-14-22(32(30,31)18-8-3-2-4-9-18)24(29)19-13-17(25)11-12-21(19)27/h2-14H,15H2,1H3,(H,26,28). The molecule has 3 aromatic carbocycles. The summed E-state index contributed by atoms with van der Waals surface area (Å²) in [4.78, 5) is 25.2. The van der Waals surface area contributed by atoms with Gasteiger partial charge in [-0.3, -0.25) is 9.59 Å². The van der Waals surface area contributed by atoms with Crippen molar-refractivity contribution >= 4 is 32.3 Å². The summed E-state index contributed by atoms with van der Waals surface area (Å²) < 4.78 is 41.6. The molecular weight excluding hydrogens is 431 g/mol. The molecule has 8 heteroatoms. The molecule has 162 valence electrons. The third kappa shape index (κ3) is 4.04. The molecule has 1 aromatic heterocycles. The number of aromatic nitrogens is 1. The number of aryl methyl sites for hydroxylation is 1. The number of fused-ring (bicyclic) bond motifs is 1. The monoisotopic (exact) mass is 450 g/mol. The van der Waals surface area contributed by atoms with Gasteiger partial charge in [0, 0.05) is 17.3 Å². The molecule has 0 aliphatic heterocycles. The molecule has 0 unspecified atom stereocenters. The first-order valence-corrected chi connectivity index (χ1v) is 11.2. The molecular formula is C24H19FN2O4S. The van der Waals surface area contributed by atoms with Crippen LogP contribution in [0.4, 0.5) is 10.1 Å². The van der Waals surface area contributed by atoms with E-state index in [0.717, 1.165) is 23.9 Å². The van der Waals surface area contributed by atoms with Crippen LogP contribution in [0.2, 0.25) is 0 Å². The predicted molar refractivity (Wildman–Crippen MR) is 120 cm³/mol. The van der Waals surface area contributed by atoms with Crippen LogP contribution in [0.1, 0.15) is 5.56 Å². The zero-order valence-electron chi connectivity index (χ0n) is 17.1. The number of benzene rings is 3. The molecule has 1 amide bonds. The Kier molecular flexibility index (Phi) is 5.63. The highest BCUT2D eigenvalue weighted by Crippen LogP contribution is 2.22. The van der Waals surface area contributed by atoms with Crippen LogP contribution in [0.3, 0.4) is 0 Å². The SMILES string of the molecule is Cc1ccccc1NC(=O)Cn1cc(S(=O)(=O)c2ccccc2)c(=O)c2cc(F)ccc21. The summed E-state index contributed by atoms with van der Waals surface area (Å²) in [6.07, 6.45) is 1.14. The van der Waals surface area contributed by atoms with E-state index in [0.29, 0.717) is 5.69 Å². The fourth-order valence-corrected chi connectivity index (χ4v) is 4.84. The van der Waals surface area contributed by atoms with Crippen LogP contribution in [0.5, 0.6) is 0 Å². The number of carbonyl (C=O) groups excluding carboxylic acids is 1. The van der Waals surface area contributed by atoms with Crippen molar-refractivity contribution in [3.8, 4) is 0 Å². The second-order valence-electron chi connectivity index (χ2n) is 7.29. The van der Waals surface area contributed by atoms with E-state index in [-0.39, 0.29) is 22.3 Å². The topological polar surface area (TPSA) is 85.2 Å². The number of sulfone groups is 1. The average Bonchev–Trinajstić information content (AvgIpc) is 2.77. The maximum absolute atomic E-state index is 13.9. The van der Waals surface area contributed by atoms with Gasteiger partial charge in [-0.1, -0.05) is 36.4 Å². The van der Waals surface area contributed by atoms with Crippen LogP contribution < -0.4 is 10.7 Å². The van der Waals surface area contributed by atoms with Crippen molar-refractivity contribution < 1.29 is 17.6 Å². The van der Waals surface area contributed by atoms with Gasteiger partial charge in [-0.2, -0.15) is 0 Å². The van der Waals surface area contributed by atoms with Gasteiger partial charge in [-0.05, 0) is 48.9 Å². The zero-order valence-corrected chi connectivity index (χ0v) is 17.9. The van der Waals surface area contributed by atoms with Crippen molar-refractivity contribution in [3.63, 3.8) is 0 Å². The Morgan fingerprint density at radius 3 is 2.41 bits per heavy atom. The van der Waals surface area contributed by atoms with Crippen molar-refractivity contribution in [1.82, 2.24) is 4.57 Å². The van der Waals surface area contributed by atoms with Crippen LogP contribution >= 0.6 is 0 Å². The molecule has 0 saturated carbocycles. The molecule has 1 heterocycles. The Labute approximate surface area is 183 Å². The first-order valence-electron chi connectivity index (χ1n) is 9.76. The number of nitrogens with one attached hydrogen (secondary N) is 1. The highest BCUT2D eigenvalue weighted by molar-refractivity contribution is 7.91. The number of amides is 1. The summed E-state index contributed by atoms with van der Waals surface area (Å²) in [5.74, 6) is -1.10. The van der Waals surface area contributed by atoms with Crippen LogP contribution in [-0.4, -0.2) is 18.9 Å². The molecule has 0 fully saturated rings. The summed E-state index contributed by atoms with van der Waals surface area (Å²) in [6, 6.07) is 18.2. The van der Waals surface area contributed by atoms with Gasteiger partial charge < -0.3 is 9.88 Å². The zero-order chi connectivity index (χ0) is 22.9. The molecule has 0 atom stereocenters.